The van der Waals surface area contributed by atoms with Gasteiger partial charge >= 0.3 is 0 Å². The topological polar surface area (TPSA) is 163 Å². The van der Waals surface area contributed by atoms with E-state index in [-0.39, 0.29) is 29.7 Å². The van der Waals surface area contributed by atoms with E-state index in [1.165, 1.54) is 0 Å². The van der Waals surface area contributed by atoms with Gasteiger partial charge in [-0.05, 0) is 69.6 Å². The minimum Gasteiger partial charge on any atom is -0.356 e. The van der Waals surface area contributed by atoms with Gasteiger partial charge in [-0.25, -0.2) is 0 Å². The smallest absolute Gasteiger partial charge is 0.289 e. The molecule has 5 N–H and O–H groups in total. The molecule has 4 atom stereocenters. The molecule has 5 aliphatic rings. The number of nitrogens with one attached hydrogen (secondary N) is 5. The van der Waals surface area contributed by atoms with E-state index in [0.29, 0.717) is 25.3 Å². The van der Waals surface area contributed by atoms with Crippen LogP contribution in [0.15, 0.2) is 0 Å². The summed E-state index contributed by atoms with van der Waals surface area (Å²) < 4.78 is 0. The lowest BCUT2D eigenvalue weighted by molar-refractivity contribution is -0.145. The molecule has 0 radical (unpaired) electrons. The Morgan fingerprint density at radius 2 is 1.58 bits per heavy atom. The molecule has 5 fully saturated rings. The van der Waals surface area contributed by atoms with Gasteiger partial charge in [0, 0.05) is 23.9 Å². The fourth-order valence-electron chi connectivity index (χ4n) is 5.63. The molecule has 38 heavy (non-hydrogen) atoms. The molecule has 0 aromatic carbocycles. The van der Waals surface area contributed by atoms with Crippen LogP contribution in [0.5, 0.6) is 0 Å². The van der Waals surface area contributed by atoms with E-state index < -0.39 is 53.0 Å². The summed E-state index contributed by atoms with van der Waals surface area (Å²) in [6.45, 7) is 7.27. The van der Waals surface area contributed by atoms with E-state index in [9.17, 15) is 28.8 Å². The van der Waals surface area contributed by atoms with Crippen molar-refractivity contribution in [1.82, 2.24) is 26.6 Å². The number of Topliss-reactive ketones (excluding diaryl/α,β-unsaturated/α-hetero) is 1. The number of hydrogen-bond acceptors (Lipinski definition) is 6. The zero-order chi connectivity index (χ0) is 27.8. The summed E-state index contributed by atoms with van der Waals surface area (Å²) >= 11 is 0. The Morgan fingerprint density at radius 1 is 0.947 bits per heavy atom. The lowest BCUT2D eigenvalue weighted by atomic mass is 9.43. The van der Waals surface area contributed by atoms with Crippen LogP contribution in [-0.2, 0) is 28.8 Å². The fraction of sp³-hybridized carbons (Fsp3) is 0.778. The fourth-order valence-corrected chi connectivity index (χ4v) is 5.63. The lowest BCUT2D eigenvalue weighted by Gasteiger charge is -2.63. The van der Waals surface area contributed by atoms with Gasteiger partial charge < -0.3 is 26.6 Å². The number of ketones is 1. The van der Waals surface area contributed by atoms with Gasteiger partial charge in [0.15, 0.2) is 0 Å². The largest absolute Gasteiger partial charge is 0.356 e. The maximum atomic E-state index is 13.5. The van der Waals surface area contributed by atoms with E-state index in [0.717, 1.165) is 32.1 Å². The molecule has 4 saturated carbocycles. The molecular weight excluding hydrogens is 490 g/mol. The second-order valence-electron chi connectivity index (χ2n) is 12.9. The van der Waals surface area contributed by atoms with Gasteiger partial charge in [-0.2, -0.15) is 0 Å². The van der Waals surface area contributed by atoms with Gasteiger partial charge in [0.1, 0.15) is 12.1 Å². The minimum absolute atomic E-state index is 0.00790. The van der Waals surface area contributed by atoms with Gasteiger partial charge in [-0.15, -0.1) is 0 Å². The van der Waals surface area contributed by atoms with Gasteiger partial charge in [-0.1, -0.05) is 20.8 Å². The third kappa shape index (κ3) is 6.53. The van der Waals surface area contributed by atoms with Gasteiger partial charge in [0.2, 0.25) is 29.4 Å². The van der Waals surface area contributed by atoms with Crippen LogP contribution < -0.4 is 26.6 Å². The molecule has 0 unspecified atom stereocenters. The average molecular weight is 532 g/mol. The molecule has 5 rings (SSSR count). The number of carbonyl (C=O) groups excluding carboxylic acids is 6. The predicted molar refractivity (Wildman–Crippen MR) is 137 cm³/mol. The molecule has 1 heterocycles. The summed E-state index contributed by atoms with van der Waals surface area (Å²) in [5.41, 5.74) is -0.690. The summed E-state index contributed by atoms with van der Waals surface area (Å²) in [5, 5.41) is 13.6. The third-order valence-corrected chi connectivity index (χ3v) is 8.31. The maximum Gasteiger partial charge on any atom is 0.289 e. The van der Waals surface area contributed by atoms with Crippen LogP contribution in [0.25, 0.3) is 0 Å². The Bertz CT molecular complexity index is 999. The van der Waals surface area contributed by atoms with Crippen molar-refractivity contribution in [3.8, 4) is 0 Å². The van der Waals surface area contributed by atoms with E-state index in [4.69, 9.17) is 0 Å². The first-order valence-corrected chi connectivity index (χ1v) is 13.8. The molecule has 0 aromatic heterocycles. The first-order chi connectivity index (χ1) is 17.8. The van der Waals surface area contributed by atoms with Crippen molar-refractivity contribution in [3.63, 3.8) is 0 Å². The summed E-state index contributed by atoms with van der Waals surface area (Å²) in [6, 6.07) is -3.01. The van der Waals surface area contributed by atoms with Crippen LogP contribution in [0.4, 0.5) is 0 Å². The molecular formula is C27H41N5O6. The Balaban J connectivity index is 1.45. The van der Waals surface area contributed by atoms with Crippen molar-refractivity contribution < 1.29 is 28.8 Å². The Hall–Kier alpha value is -2.98. The van der Waals surface area contributed by atoms with Crippen LogP contribution in [-0.4, -0.2) is 66.0 Å². The van der Waals surface area contributed by atoms with Crippen molar-refractivity contribution in [3.05, 3.63) is 0 Å². The highest BCUT2D eigenvalue weighted by atomic mass is 16.2. The summed E-state index contributed by atoms with van der Waals surface area (Å²) in [6.07, 6.45) is 5.55. The quantitative estimate of drug-likeness (QED) is 0.224. The van der Waals surface area contributed by atoms with Gasteiger partial charge in [0.05, 0.1) is 6.04 Å². The van der Waals surface area contributed by atoms with Crippen molar-refractivity contribution >= 4 is 35.3 Å². The van der Waals surface area contributed by atoms with Crippen LogP contribution in [0.1, 0.15) is 79.1 Å². The second kappa shape index (κ2) is 10.6. The molecule has 210 valence electrons. The molecule has 5 amide bonds. The van der Waals surface area contributed by atoms with Gasteiger partial charge in [0.25, 0.3) is 5.91 Å². The van der Waals surface area contributed by atoms with E-state index >= 15 is 0 Å². The zero-order valence-corrected chi connectivity index (χ0v) is 22.8. The Labute approximate surface area is 223 Å². The highest BCUT2D eigenvalue weighted by molar-refractivity contribution is 6.38. The van der Waals surface area contributed by atoms with Crippen LogP contribution in [0, 0.1) is 22.7 Å². The molecule has 11 nitrogen and oxygen atoms in total. The minimum atomic E-state index is -1.18. The van der Waals surface area contributed by atoms with Crippen molar-refractivity contribution in [2.75, 3.05) is 6.54 Å². The Morgan fingerprint density at radius 3 is 2.08 bits per heavy atom. The zero-order valence-electron chi connectivity index (χ0n) is 22.8. The van der Waals surface area contributed by atoms with E-state index in [2.05, 4.69) is 26.6 Å². The normalized spacial score (nSPS) is 27.9. The summed E-state index contributed by atoms with van der Waals surface area (Å²) in [5.74, 6) is -2.94. The van der Waals surface area contributed by atoms with E-state index in [1.807, 2.05) is 0 Å². The molecule has 2 bridgehead atoms. The second-order valence-corrected chi connectivity index (χ2v) is 12.9. The molecule has 4 aliphatic carbocycles. The van der Waals surface area contributed by atoms with Crippen LogP contribution in [0.3, 0.4) is 0 Å². The molecule has 0 spiro atoms. The maximum absolute atomic E-state index is 13.5. The third-order valence-electron chi connectivity index (χ3n) is 8.31. The summed E-state index contributed by atoms with van der Waals surface area (Å²) in [7, 11) is 0. The number of rotatable bonds is 12. The lowest BCUT2D eigenvalue weighted by Crippen LogP contribution is -2.61. The number of carbonyl (C=O) groups is 6. The molecule has 11 heteroatoms. The van der Waals surface area contributed by atoms with Crippen LogP contribution in [0.2, 0.25) is 0 Å². The average Bonchev–Trinajstić information content (AvgIpc) is 3.51. The first kappa shape index (κ1) is 28.0. The molecule has 1 aliphatic heterocycles. The molecule has 0 aromatic rings. The van der Waals surface area contributed by atoms with Crippen LogP contribution >= 0.6 is 0 Å². The summed E-state index contributed by atoms with van der Waals surface area (Å²) in [4.78, 5) is 76.8. The monoisotopic (exact) mass is 531 g/mol. The highest BCUT2D eigenvalue weighted by Gasteiger charge is 2.57. The molecule has 1 saturated heterocycles. The Kier molecular flexibility index (Phi) is 7.86. The predicted octanol–water partition coefficient (Wildman–Crippen LogP) is 0.0709. The van der Waals surface area contributed by atoms with E-state index in [1.54, 1.807) is 27.7 Å². The standard InChI is InChI=1S/C27H41N5O6/c1-14(29-25(38)26(2,3)4)21(34)32-19(13-27-10-15(11-27)12-27)23(36)31-18(9-16-7-8-28-22(16)35)20(33)24(37)30-17-5-6-17/h14-19H,5-13H2,1-4H3,(H,28,35)(H,29,38)(H,30,37)(H,31,36)(H,32,34)/t14-,15?,16+,18+,19+,27?/m1/s1. The number of amides is 5. The van der Waals surface area contributed by atoms with Crippen molar-refractivity contribution in [2.24, 2.45) is 22.7 Å². The first-order valence-electron chi connectivity index (χ1n) is 13.8. The number of hydrogen-bond donors (Lipinski definition) is 5. The SMILES string of the molecule is C[C@@H](NC(=O)C(C)(C)C)C(=O)N[C@@H](CC12CC(C1)C2)C(=O)N[C@@H](C[C@@H]1CCNC1=O)C(=O)C(=O)NC1CC1. The van der Waals surface area contributed by atoms with Crippen molar-refractivity contribution in [2.45, 2.75) is 103 Å². The highest BCUT2D eigenvalue weighted by Crippen LogP contribution is 2.66. The van der Waals surface area contributed by atoms with Gasteiger partial charge in [-0.3, -0.25) is 28.8 Å². The van der Waals surface area contributed by atoms with Crippen molar-refractivity contribution in [1.29, 1.82) is 0 Å².